The fourth-order valence-electron chi connectivity index (χ4n) is 6.18. The first-order valence-corrected chi connectivity index (χ1v) is 12.5. The van der Waals surface area contributed by atoms with Crippen LogP contribution in [0.2, 0.25) is 0 Å². The van der Waals surface area contributed by atoms with Crippen LogP contribution in [0.25, 0.3) is 0 Å². The van der Waals surface area contributed by atoms with Crippen LogP contribution in [0.15, 0.2) is 30.3 Å². The number of nitrogens with zero attached hydrogens (tertiary/aromatic N) is 3. The summed E-state index contributed by atoms with van der Waals surface area (Å²) in [7, 11) is 1.43. The van der Waals surface area contributed by atoms with Gasteiger partial charge in [-0.15, -0.1) is 0 Å². The van der Waals surface area contributed by atoms with Crippen LogP contribution >= 0.6 is 0 Å². The third-order valence-corrected chi connectivity index (χ3v) is 7.73. The number of esters is 1. The number of fused-ring (bicyclic) bond motifs is 3. The molecule has 36 heavy (non-hydrogen) atoms. The third kappa shape index (κ3) is 3.61. The van der Waals surface area contributed by atoms with E-state index in [2.05, 4.69) is 5.32 Å². The van der Waals surface area contributed by atoms with E-state index in [4.69, 9.17) is 4.74 Å². The van der Waals surface area contributed by atoms with Crippen molar-refractivity contribution in [2.75, 3.05) is 13.6 Å². The molecular weight excluding hydrogens is 464 g/mol. The van der Waals surface area contributed by atoms with Crippen LogP contribution in [-0.2, 0) is 28.7 Å². The molecule has 1 aromatic rings. The van der Waals surface area contributed by atoms with E-state index in [-0.39, 0.29) is 24.7 Å². The van der Waals surface area contributed by atoms with Crippen LogP contribution in [0.5, 0.6) is 0 Å². The van der Waals surface area contributed by atoms with Crippen molar-refractivity contribution in [3.63, 3.8) is 0 Å². The first-order chi connectivity index (χ1) is 17.0. The highest BCUT2D eigenvalue weighted by Gasteiger charge is 2.69. The highest BCUT2D eigenvalue weighted by Crippen LogP contribution is 2.52. The summed E-state index contributed by atoms with van der Waals surface area (Å²) in [5, 5.41) is 5.93. The van der Waals surface area contributed by atoms with Crippen molar-refractivity contribution in [2.24, 2.45) is 11.8 Å². The van der Waals surface area contributed by atoms with Crippen molar-refractivity contribution in [2.45, 2.75) is 69.7 Å². The molecule has 4 fully saturated rings. The molecule has 4 heterocycles. The Bertz CT molecular complexity index is 1130. The molecule has 1 N–H and O–H groups in total. The number of hydrogen-bond acceptors (Lipinski definition) is 7. The number of amides is 4. The maximum absolute atomic E-state index is 14.5. The Morgan fingerprint density at radius 2 is 1.78 bits per heavy atom. The average Bonchev–Trinajstić information content (AvgIpc) is 3.27. The maximum atomic E-state index is 14.5. The van der Waals surface area contributed by atoms with E-state index in [1.54, 1.807) is 20.8 Å². The molecule has 4 amide bonds. The lowest BCUT2D eigenvalue weighted by Crippen LogP contribution is -2.67. The maximum Gasteiger partial charge on any atom is 0.331 e. The zero-order chi connectivity index (χ0) is 26.0. The lowest BCUT2D eigenvalue weighted by molar-refractivity contribution is -0.190. The van der Waals surface area contributed by atoms with E-state index in [0.717, 1.165) is 10.5 Å². The summed E-state index contributed by atoms with van der Waals surface area (Å²) in [6, 6.07) is 7.65. The summed E-state index contributed by atoms with van der Waals surface area (Å²) in [6.45, 7) is 5.53. The van der Waals surface area contributed by atoms with Gasteiger partial charge in [-0.25, -0.2) is 9.80 Å². The van der Waals surface area contributed by atoms with E-state index in [1.165, 1.54) is 17.1 Å². The van der Waals surface area contributed by atoms with Gasteiger partial charge in [-0.1, -0.05) is 30.3 Å². The van der Waals surface area contributed by atoms with Gasteiger partial charge in [0.1, 0.15) is 11.1 Å². The molecule has 0 radical (unpaired) electrons. The Hall–Kier alpha value is -3.27. The second-order valence-corrected chi connectivity index (χ2v) is 11.1. The van der Waals surface area contributed by atoms with Crippen molar-refractivity contribution >= 4 is 29.6 Å². The predicted octanol–water partition coefficient (Wildman–Crippen LogP) is 1.17. The fourth-order valence-corrected chi connectivity index (χ4v) is 6.18. The number of nitrogens with one attached hydrogen (secondary N) is 1. The molecule has 10 nitrogen and oxygen atoms in total. The SMILES string of the molecule is CN1C(=O)[C@H]2[C@@H](c3ccccc3)N[C@]3(CCC(=O)N4CCC[C@@H](C(=O)OC(C)(C)C)N4C3=O)[C@H]2C1=O. The molecule has 5 atom stereocenters. The normalized spacial score (nSPS) is 32.6. The molecule has 10 heteroatoms. The molecule has 1 spiro atoms. The van der Waals surface area contributed by atoms with Gasteiger partial charge in [-0.3, -0.25) is 34.4 Å². The highest BCUT2D eigenvalue weighted by molar-refractivity contribution is 6.10. The Kier molecular flexibility index (Phi) is 5.70. The molecule has 4 aliphatic rings. The summed E-state index contributed by atoms with van der Waals surface area (Å²) >= 11 is 0. The third-order valence-electron chi connectivity index (χ3n) is 7.73. The van der Waals surface area contributed by atoms with Gasteiger partial charge in [-0.2, -0.15) is 0 Å². The topological polar surface area (TPSA) is 116 Å². The zero-order valence-corrected chi connectivity index (χ0v) is 21.0. The number of imide groups is 1. The summed E-state index contributed by atoms with van der Waals surface area (Å²) in [5.74, 6) is -4.00. The lowest BCUT2D eigenvalue weighted by atomic mass is 9.76. The van der Waals surface area contributed by atoms with Crippen LogP contribution in [0.1, 0.15) is 58.1 Å². The second-order valence-electron chi connectivity index (χ2n) is 11.1. The Balaban J connectivity index is 1.61. The first kappa shape index (κ1) is 24.4. The largest absolute Gasteiger partial charge is 0.458 e. The summed E-state index contributed by atoms with van der Waals surface area (Å²) in [4.78, 5) is 68.7. The van der Waals surface area contributed by atoms with Crippen molar-refractivity contribution < 1.29 is 28.7 Å². The molecule has 0 aliphatic carbocycles. The smallest absolute Gasteiger partial charge is 0.331 e. The Labute approximate surface area is 209 Å². The van der Waals surface area contributed by atoms with Gasteiger partial charge in [0.25, 0.3) is 5.91 Å². The lowest BCUT2D eigenvalue weighted by Gasteiger charge is -2.45. The summed E-state index contributed by atoms with van der Waals surface area (Å²) in [6.07, 6.45) is 0.935. The quantitative estimate of drug-likeness (QED) is 0.483. The molecule has 0 unspecified atom stereocenters. The van der Waals surface area contributed by atoms with Crippen molar-refractivity contribution in [3.05, 3.63) is 35.9 Å². The van der Waals surface area contributed by atoms with Gasteiger partial charge in [0.15, 0.2) is 6.04 Å². The predicted molar refractivity (Wildman–Crippen MR) is 126 cm³/mol. The van der Waals surface area contributed by atoms with Crippen LogP contribution in [0, 0.1) is 11.8 Å². The van der Waals surface area contributed by atoms with E-state index in [9.17, 15) is 24.0 Å². The van der Waals surface area contributed by atoms with Gasteiger partial charge in [0, 0.05) is 26.1 Å². The van der Waals surface area contributed by atoms with Crippen molar-refractivity contribution in [1.29, 1.82) is 0 Å². The van der Waals surface area contributed by atoms with Gasteiger partial charge in [-0.05, 0) is 45.6 Å². The van der Waals surface area contributed by atoms with Crippen molar-refractivity contribution in [3.8, 4) is 0 Å². The molecule has 0 aromatic heterocycles. The molecule has 0 bridgehead atoms. The Morgan fingerprint density at radius 1 is 1.08 bits per heavy atom. The Morgan fingerprint density at radius 3 is 2.44 bits per heavy atom. The molecular formula is C26H32N4O6. The number of rotatable bonds is 2. The fraction of sp³-hybridized carbons (Fsp3) is 0.577. The number of likely N-dealkylation sites (tertiary alicyclic amines) is 1. The van der Waals surface area contributed by atoms with Crippen LogP contribution in [0.3, 0.4) is 0 Å². The molecule has 1 aromatic carbocycles. The minimum absolute atomic E-state index is 0.00614. The molecule has 4 saturated heterocycles. The van der Waals surface area contributed by atoms with Gasteiger partial charge in [0.05, 0.1) is 11.8 Å². The number of carbonyl (C=O) groups is 5. The number of hydrazine groups is 1. The monoisotopic (exact) mass is 496 g/mol. The average molecular weight is 497 g/mol. The second kappa shape index (κ2) is 8.40. The van der Waals surface area contributed by atoms with Gasteiger partial charge < -0.3 is 4.74 Å². The molecule has 0 saturated carbocycles. The summed E-state index contributed by atoms with van der Waals surface area (Å²) in [5.41, 5.74) is -1.50. The molecule has 5 rings (SSSR count). The van der Waals surface area contributed by atoms with Gasteiger partial charge in [0.2, 0.25) is 17.7 Å². The number of hydrogen-bond donors (Lipinski definition) is 1. The van der Waals surface area contributed by atoms with E-state index >= 15 is 0 Å². The molecule has 4 aliphatic heterocycles. The minimum atomic E-state index is -1.51. The number of benzene rings is 1. The minimum Gasteiger partial charge on any atom is -0.458 e. The first-order valence-electron chi connectivity index (χ1n) is 12.5. The number of carbonyl (C=O) groups excluding carboxylic acids is 5. The number of ether oxygens (including phenoxy) is 1. The van der Waals surface area contributed by atoms with E-state index in [0.29, 0.717) is 19.4 Å². The van der Waals surface area contributed by atoms with E-state index in [1.807, 2.05) is 30.3 Å². The van der Waals surface area contributed by atoms with E-state index < -0.39 is 52.8 Å². The van der Waals surface area contributed by atoms with Crippen LogP contribution in [-0.4, -0.2) is 75.3 Å². The standard InChI is InChI=1S/C26H32N4O6/c1-25(2,3)36-23(34)16-11-8-14-29-17(31)12-13-26(24(35)30(16)29)19-18(21(32)28(4)22(19)33)20(27-26)15-9-6-5-7-10-15/h5-7,9-10,16,18-20,27H,8,11-14H2,1-4H3/t16-,18+,19+,20+,26+/m0/s1. The van der Waals surface area contributed by atoms with Crippen LogP contribution in [0.4, 0.5) is 0 Å². The van der Waals surface area contributed by atoms with Crippen molar-refractivity contribution in [1.82, 2.24) is 20.2 Å². The highest BCUT2D eigenvalue weighted by atomic mass is 16.6. The van der Waals surface area contributed by atoms with Crippen LogP contribution < -0.4 is 5.32 Å². The molecule has 192 valence electrons. The zero-order valence-electron chi connectivity index (χ0n) is 21.0. The van der Waals surface area contributed by atoms with Gasteiger partial charge >= 0.3 is 5.97 Å². The summed E-state index contributed by atoms with van der Waals surface area (Å²) < 4.78 is 5.61.